The summed E-state index contributed by atoms with van der Waals surface area (Å²) in [6.07, 6.45) is 0. The lowest BCUT2D eigenvalue weighted by molar-refractivity contribution is 0.174. The summed E-state index contributed by atoms with van der Waals surface area (Å²) < 4.78 is 1.20. The molecule has 0 aromatic heterocycles. The minimum atomic E-state index is 0.571. The summed E-state index contributed by atoms with van der Waals surface area (Å²) in [6, 6.07) is 9.04. The number of hydrogen-bond donors (Lipinski definition) is 0. The van der Waals surface area contributed by atoms with E-state index in [4.69, 9.17) is 0 Å². The molecule has 96 valence electrons. The Balaban J connectivity index is 2.66. The molecular weight excluding hydrogens is 276 g/mol. The lowest BCUT2D eigenvalue weighted by Crippen LogP contribution is -2.39. The van der Waals surface area contributed by atoms with Crippen LogP contribution in [-0.4, -0.2) is 43.0 Å². The molecule has 17 heavy (non-hydrogen) atoms. The SMILES string of the molecule is CCN(Cc1ccccc1Br)C(C)CN(C)C. The van der Waals surface area contributed by atoms with Crippen molar-refractivity contribution in [2.45, 2.75) is 26.4 Å². The summed E-state index contributed by atoms with van der Waals surface area (Å²) in [5, 5.41) is 0. The molecule has 0 saturated carbocycles. The predicted molar refractivity (Wildman–Crippen MR) is 78.2 cm³/mol. The molecule has 1 aromatic rings. The summed E-state index contributed by atoms with van der Waals surface area (Å²) >= 11 is 3.62. The molecule has 0 heterocycles. The Bertz CT molecular complexity index is 339. The van der Waals surface area contributed by atoms with E-state index < -0.39 is 0 Å². The first-order chi connectivity index (χ1) is 8.04. The van der Waals surface area contributed by atoms with Crippen molar-refractivity contribution in [1.82, 2.24) is 9.80 Å². The third-order valence-electron chi connectivity index (χ3n) is 2.99. The third kappa shape index (κ3) is 4.78. The molecule has 0 aliphatic heterocycles. The van der Waals surface area contributed by atoms with Crippen LogP contribution in [0.1, 0.15) is 19.4 Å². The molecule has 0 aliphatic carbocycles. The van der Waals surface area contributed by atoms with Crippen LogP contribution < -0.4 is 0 Å². The monoisotopic (exact) mass is 298 g/mol. The largest absolute Gasteiger partial charge is 0.308 e. The van der Waals surface area contributed by atoms with E-state index in [9.17, 15) is 0 Å². The van der Waals surface area contributed by atoms with Gasteiger partial charge in [0.25, 0.3) is 0 Å². The highest BCUT2D eigenvalue weighted by molar-refractivity contribution is 9.10. The molecule has 0 amide bonds. The van der Waals surface area contributed by atoms with Gasteiger partial charge in [-0.1, -0.05) is 41.1 Å². The number of hydrogen-bond acceptors (Lipinski definition) is 2. The second-order valence-electron chi connectivity index (χ2n) is 4.77. The van der Waals surface area contributed by atoms with Crippen LogP contribution in [-0.2, 0) is 6.54 Å². The van der Waals surface area contributed by atoms with E-state index in [1.165, 1.54) is 10.0 Å². The highest BCUT2D eigenvalue weighted by Gasteiger charge is 2.14. The van der Waals surface area contributed by atoms with E-state index in [0.29, 0.717) is 6.04 Å². The molecule has 0 spiro atoms. The van der Waals surface area contributed by atoms with Gasteiger partial charge >= 0.3 is 0 Å². The molecule has 0 aliphatic rings. The summed E-state index contributed by atoms with van der Waals surface area (Å²) in [5.74, 6) is 0. The Kier molecular flexibility index (Phi) is 6.17. The Morgan fingerprint density at radius 1 is 1.24 bits per heavy atom. The van der Waals surface area contributed by atoms with Crippen LogP contribution in [0.25, 0.3) is 0 Å². The predicted octanol–water partition coefficient (Wildman–Crippen LogP) is 3.22. The molecule has 0 N–H and O–H groups in total. The highest BCUT2D eigenvalue weighted by Crippen LogP contribution is 2.18. The minimum Gasteiger partial charge on any atom is -0.308 e. The van der Waals surface area contributed by atoms with Crippen molar-refractivity contribution in [2.75, 3.05) is 27.2 Å². The molecule has 0 fully saturated rings. The summed E-state index contributed by atoms with van der Waals surface area (Å²) in [4.78, 5) is 4.74. The molecule has 1 rings (SSSR count). The molecule has 1 aromatic carbocycles. The normalized spacial score (nSPS) is 13.4. The van der Waals surface area contributed by atoms with Crippen molar-refractivity contribution < 1.29 is 0 Å². The zero-order chi connectivity index (χ0) is 12.8. The van der Waals surface area contributed by atoms with Crippen LogP contribution in [0.2, 0.25) is 0 Å². The molecule has 0 bridgehead atoms. The molecular formula is C14H23BrN2. The van der Waals surface area contributed by atoms with Gasteiger partial charge in [0.05, 0.1) is 0 Å². The topological polar surface area (TPSA) is 6.48 Å². The minimum absolute atomic E-state index is 0.571. The number of likely N-dealkylation sites (N-methyl/N-ethyl adjacent to an activating group) is 2. The Hall–Kier alpha value is -0.380. The Labute approximate surface area is 114 Å². The van der Waals surface area contributed by atoms with Gasteiger partial charge < -0.3 is 4.90 Å². The maximum atomic E-state index is 3.62. The average Bonchev–Trinajstić information content (AvgIpc) is 2.27. The average molecular weight is 299 g/mol. The third-order valence-corrected chi connectivity index (χ3v) is 3.76. The van der Waals surface area contributed by atoms with Gasteiger partial charge in [-0.3, -0.25) is 4.90 Å². The fourth-order valence-electron chi connectivity index (χ4n) is 2.07. The maximum absolute atomic E-state index is 3.62. The number of nitrogens with zero attached hydrogens (tertiary/aromatic N) is 2. The summed E-state index contributed by atoms with van der Waals surface area (Å²) in [6.45, 7) is 7.70. The van der Waals surface area contributed by atoms with Gasteiger partial charge in [-0.25, -0.2) is 0 Å². The van der Waals surface area contributed by atoms with Crippen molar-refractivity contribution in [3.05, 3.63) is 34.3 Å². The summed E-state index contributed by atoms with van der Waals surface area (Å²) in [7, 11) is 4.26. The second kappa shape index (κ2) is 7.14. The van der Waals surface area contributed by atoms with E-state index in [2.05, 4.69) is 77.9 Å². The van der Waals surface area contributed by atoms with Crippen LogP contribution in [0.3, 0.4) is 0 Å². The van der Waals surface area contributed by atoms with E-state index in [1.54, 1.807) is 0 Å². The lowest BCUT2D eigenvalue weighted by atomic mass is 10.2. The van der Waals surface area contributed by atoms with Crippen molar-refractivity contribution in [1.29, 1.82) is 0 Å². The second-order valence-corrected chi connectivity index (χ2v) is 5.62. The van der Waals surface area contributed by atoms with Gasteiger partial charge in [0, 0.05) is 23.6 Å². The highest BCUT2D eigenvalue weighted by atomic mass is 79.9. The van der Waals surface area contributed by atoms with Crippen LogP contribution in [0, 0.1) is 0 Å². The van der Waals surface area contributed by atoms with Gasteiger partial charge in [-0.15, -0.1) is 0 Å². The van der Waals surface area contributed by atoms with E-state index in [0.717, 1.165) is 19.6 Å². The van der Waals surface area contributed by atoms with Crippen molar-refractivity contribution in [3.63, 3.8) is 0 Å². The zero-order valence-electron chi connectivity index (χ0n) is 11.3. The van der Waals surface area contributed by atoms with E-state index in [-0.39, 0.29) is 0 Å². The van der Waals surface area contributed by atoms with Gasteiger partial charge in [-0.2, -0.15) is 0 Å². The fraction of sp³-hybridized carbons (Fsp3) is 0.571. The number of benzene rings is 1. The van der Waals surface area contributed by atoms with Crippen LogP contribution in [0.4, 0.5) is 0 Å². The van der Waals surface area contributed by atoms with Crippen LogP contribution in [0.15, 0.2) is 28.7 Å². The molecule has 0 saturated heterocycles. The van der Waals surface area contributed by atoms with Crippen LogP contribution in [0.5, 0.6) is 0 Å². The quantitative estimate of drug-likeness (QED) is 0.796. The standard InChI is InChI=1S/C14H23BrN2/c1-5-17(12(2)10-16(3)4)11-13-8-6-7-9-14(13)15/h6-9,12H,5,10-11H2,1-4H3. The van der Waals surface area contributed by atoms with E-state index >= 15 is 0 Å². The number of rotatable bonds is 6. The Morgan fingerprint density at radius 2 is 1.88 bits per heavy atom. The zero-order valence-corrected chi connectivity index (χ0v) is 12.9. The summed E-state index contributed by atoms with van der Waals surface area (Å²) in [5.41, 5.74) is 1.36. The van der Waals surface area contributed by atoms with Gasteiger partial charge in [0.15, 0.2) is 0 Å². The molecule has 0 radical (unpaired) electrons. The first kappa shape index (κ1) is 14.7. The molecule has 2 nitrogen and oxygen atoms in total. The molecule has 1 atom stereocenters. The lowest BCUT2D eigenvalue weighted by Gasteiger charge is -2.30. The van der Waals surface area contributed by atoms with Crippen molar-refractivity contribution in [3.8, 4) is 0 Å². The van der Waals surface area contributed by atoms with Crippen molar-refractivity contribution >= 4 is 15.9 Å². The first-order valence-electron chi connectivity index (χ1n) is 6.16. The fourth-order valence-corrected chi connectivity index (χ4v) is 2.48. The smallest absolute Gasteiger partial charge is 0.0248 e. The van der Waals surface area contributed by atoms with E-state index in [1.807, 2.05) is 0 Å². The van der Waals surface area contributed by atoms with Crippen LogP contribution >= 0.6 is 15.9 Å². The van der Waals surface area contributed by atoms with Gasteiger partial charge in [0.1, 0.15) is 0 Å². The molecule has 3 heteroatoms. The molecule has 1 unspecified atom stereocenters. The number of halogens is 1. The maximum Gasteiger partial charge on any atom is 0.0248 e. The Morgan fingerprint density at radius 3 is 2.41 bits per heavy atom. The van der Waals surface area contributed by atoms with Crippen molar-refractivity contribution in [2.24, 2.45) is 0 Å². The first-order valence-corrected chi connectivity index (χ1v) is 6.96. The van der Waals surface area contributed by atoms with Gasteiger partial charge in [-0.05, 0) is 39.2 Å². The van der Waals surface area contributed by atoms with Gasteiger partial charge in [0.2, 0.25) is 0 Å².